The van der Waals surface area contributed by atoms with Crippen molar-refractivity contribution in [3.05, 3.63) is 35.9 Å². The molecular formula is C19H28O11. The van der Waals surface area contributed by atoms with Crippen LogP contribution in [0, 0.1) is 0 Å². The molecule has 30 heavy (non-hydrogen) atoms. The van der Waals surface area contributed by atoms with Crippen molar-refractivity contribution in [2.24, 2.45) is 0 Å². The number of ether oxygens (including phenoxy) is 4. The third-order valence-electron chi connectivity index (χ3n) is 5.22. The Balaban J connectivity index is 1.66. The van der Waals surface area contributed by atoms with Gasteiger partial charge in [-0.1, -0.05) is 30.3 Å². The first-order chi connectivity index (χ1) is 14.3. The first-order valence-corrected chi connectivity index (χ1v) is 9.60. The Labute approximate surface area is 172 Å². The summed E-state index contributed by atoms with van der Waals surface area (Å²) in [5, 5.41) is 69.0. The van der Waals surface area contributed by atoms with E-state index in [1.807, 2.05) is 18.2 Å². The van der Waals surface area contributed by atoms with Crippen molar-refractivity contribution in [1.29, 1.82) is 0 Å². The zero-order valence-electron chi connectivity index (χ0n) is 16.0. The van der Waals surface area contributed by atoms with Crippen LogP contribution in [0.5, 0.6) is 0 Å². The molecule has 7 N–H and O–H groups in total. The molecule has 10 atom stereocenters. The standard InChI is InChI=1S/C19H28O11/c20-6-10-12(21)15(24)17(27-7-9-4-2-1-3-5-9)19(30-10)28-8-11-13(22)14(23)16(25)18(26)29-11/h1-5,10-26H,6-8H2/t10-,11-,12+,13+,14+,15+,16-,17-,18?,19-/m1/s1. The van der Waals surface area contributed by atoms with Gasteiger partial charge in [-0.05, 0) is 5.56 Å². The maximum absolute atomic E-state index is 10.5. The van der Waals surface area contributed by atoms with E-state index in [1.54, 1.807) is 12.1 Å². The third kappa shape index (κ3) is 5.15. The number of benzene rings is 1. The van der Waals surface area contributed by atoms with Gasteiger partial charge in [0.05, 0.1) is 19.8 Å². The van der Waals surface area contributed by atoms with Crippen molar-refractivity contribution < 1.29 is 54.7 Å². The Bertz CT molecular complexity index is 647. The van der Waals surface area contributed by atoms with E-state index in [2.05, 4.69) is 0 Å². The number of hydrogen-bond donors (Lipinski definition) is 7. The molecule has 0 saturated carbocycles. The van der Waals surface area contributed by atoms with Crippen LogP contribution in [0.2, 0.25) is 0 Å². The fourth-order valence-corrected chi connectivity index (χ4v) is 3.39. The zero-order valence-corrected chi connectivity index (χ0v) is 16.0. The summed E-state index contributed by atoms with van der Waals surface area (Å²) in [6.45, 7) is -0.914. The van der Waals surface area contributed by atoms with Crippen LogP contribution in [0.15, 0.2) is 30.3 Å². The smallest absolute Gasteiger partial charge is 0.187 e. The van der Waals surface area contributed by atoms with E-state index >= 15 is 0 Å². The second-order valence-corrected chi connectivity index (χ2v) is 7.34. The fraction of sp³-hybridized carbons (Fsp3) is 0.684. The van der Waals surface area contributed by atoms with E-state index in [9.17, 15) is 35.7 Å². The molecular weight excluding hydrogens is 404 g/mol. The van der Waals surface area contributed by atoms with Crippen LogP contribution < -0.4 is 0 Å². The summed E-state index contributed by atoms with van der Waals surface area (Å²) in [6, 6.07) is 9.06. The van der Waals surface area contributed by atoms with Gasteiger partial charge in [-0.3, -0.25) is 0 Å². The predicted molar refractivity (Wildman–Crippen MR) is 97.6 cm³/mol. The minimum Gasteiger partial charge on any atom is -0.394 e. The molecule has 0 amide bonds. The number of hydrogen-bond acceptors (Lipinski definition) is 11. The minimum atomic E-state index is -1.73. The fourth-order valence-electron chi connectivity index (χ4n) is 3.39. The molecule has 0 aromatic heterocycles. The highest BCUT2D eigenvalue weighted by atomic mass is 16.7. The Morgan fingerprint density at radius 2 is 1.40 bits per heavy atom. The van der Waals surface area contributed by atoms with E-state index in [-0.39, 0.29) is 6.61 Å². The van der Waals surface area contributed by atoms with E-state index in [4.69, 9.17) is 18.9 Å². The van der Waals surface area contributed by atoms with Gasteiger partial charge in [0.25, 0.3) is 0 Å². The van der Waals surface area contributed by atoms with Crippen LogP contribution in [-0.4, -0.2) is 110 Å². The average Bonchev–Trinajstić information content (AvgIpc) is 2.76. The summed E-state index contributed by atoms with van der Waals surface area (Å²) in [4.78, 5) is 0. The van der Waals surface area contributed by atoms with Crippen LogP contribution >= 0.6 is 0 Å². The number of aliphatic hydroxyl groups is 7. The predicted octanol–water partition coefficient (Wildman–Crippen LogP) is -3.17. The number of aliphatic hydroxyl groups excluding tert-OH is 7. The van der Waals surface area contributed by atoms with Crippen LogP contribution in [0.25, 0.3) is 0 Å². The maximum Gasteiger partial charge on any atom is 0.187 e. The topological polar surface area (TPSA) is 179 Å². The van der Waals surface area contributed by atoms with Crippen LogP contribution in [0.4, 0.5) is 0 Å². The van der Waals surface area contributed by atoms with Gasteiger partial charge < -0.3 is 54.7 Å². The van der Waals surface area contributed by atoms with Crippen molar-refractivity contribution in [1.82, 2.24) is 0 Å². The lowest BCUT2D eigenvalue weighted by Gasteiger charge is -2.43. The van der Waals surface area contributed by atoms with E-state index < -0.39 is 74.6 Å². The molecule has 170 valence electrons. The monoisotopic (exact) mass is 432 g/mol. The van der Waals surface area contributed by atoms with Crippen molar-refractivity contribution >= 4 is 0 Å². The SMILES string of the molecule is OC[C@H]1O[C@@H](OC[C@H]2OC(O)[C@H](O)[C@@H](O)[C@H]2O)[C@H](OCc2ccccc2)[C@@H](O)[C@H]1O. The minimum absolute atomic E-state index is 0.0778. The third-order valence-corrected chi connectivity index (χ3v) is 5.22. The summed E-state index contributed by atoms with van der Waals surface area (Å²) in [5.74, 6) is 0. The summed E-state index contributed by atoms with van der Waals surface area (Å²) < 4.78 is 21.8. The Kier molecular flexibility index (Phi) is 8.12. The van der Waals surface area contributed by atoms with E-state index in [0.717, 1.165) is 5.56 Å². The molecule has 2 saturated heterocycles. The molecule has 1 aromatic carbocycles. The highest BCUT2D eigenvalue weighted by Crippen LogP contribution is 2.27. The van der Waals surface area contributed by atoms with Crippen LogP contribution in [0.3, 0.4) is 0 Å². The van der Waals surface area contributed by atoms with E-state index in [0.29, 0.717) is 0 Å². The normalized spacial score (nSPS) is 42.2. The first kappa shape index (κ1) is 23.4. The van der Waals surface area contributed by atoms with Crippen molar-refractivity contribution in [3.63, 3.8) is 0 Å². The van der Waals surface area contributed by atoms with Gasteiger partial charge in [-0.2, -0.15) is 0 Å². The van der Waals surface area contributed by atoms with Crippen LogP contribution in [-0.2, 0) is 25.6 Å². The molecule has 0 aliphatic carbocycles. The molecule has 1 unspecified atom stereocenters. The molecule has 0 spiro atoms. The summed E-state index contributed by atoms with van der Waals surface area (Å²) in [6.07, 6.45) is -14.3. The lowest BCUT2D eigenvalue weighted by atomic mass is 9.98. The Morgan fingerprint density at radius 1 is 0.733 bits per heavy atom. The highest BCUT2D eigenvalue weighted by molar-refractivity contribution is 5.13. The van der Waals surface area contributed by atoms with Gasteiger partial charge in [-0.25, -0.2) is 0 Å². The molecule has 2 aliphatic rings. The average molecular weight is 432 g/mol. The second-order valence-electron chi connectivity index (χ2n) is 7.34. The maximum atomic E-state index is 10.5. The molecule has 2 aliphatic heterocycles. The van der Waals surface area contributed by atoms with Gasteiger partial charge in [0, 0.05) is 0 Å². The van der Waals surface area contributed by atoms with Gasteiger partial charge in [-0.15, -0.1) is 0 Å². The van der Waals surface area contributed by atoms with Crippen molar-refractivity contribution in [3.8, 4) is 0 Å². The zero-order chi connectivity index (χ0) is 21.8. The van der Waals surface area contributed by atoms with Crippen molar-refractivity contribution in [2.45, 2.75) is 68.0 Å². The van der Waals surface area contributed by atoms with Gasteiger partial charge in [0.15, 0.2) is 12.6 Å². The Morgan fingerprint density at radius 3 is 2.07 bits per heavy atom. The Hall–Kier alpha value is -1.22. The second kappa shape index (κ2) is 10.4. The molecule has 2 heterocycles. The largest absolute Gasteiger partial charge is 0.394 e. The molecule has 0 bridgehead atoms. The van der Waals surface area contributed by atoms with Crippen LogP contribution in [0.1, 0.15) is 5.56 Å². The summed E-state index contributed by atoms with van der Waals surface area (Å²) in [7, 11) is 0. The van der Waals surface area contributed by atoms with Gasteiger partial charge in [0.2, 0.25) is 0 Å². The first-order valence-electron chi connectivity index (χ1n) is 9.60. The number of rotatable bonds is 7. The lowest BCUT2D eigenvalue weighted by Crippen LogP contribution is -2.62. The lowest BCUT2D eigenvalue weighted by molar-refractivity contribution is -0.332. The highest BCUT2D eigenvalue weighted by Gasteiger charge is 2.47. The van der Waals surface area contributed by atoms with E-state index in [1.165, 1.54) is 0 Å². The summed E-state index contributed by atoms with van der Waals surface area (Å²) >= 11 is 0. The molecule has 2 fully saturated rings. The molecule has 1 aromatic rings. The molecule has 11 nitrogen and oxygen atoms in total. The summed E-state index contributed by atoms with van der Waals surface area (Å²) in [5.41, 5.74) is 0.800. The molecule has 11 heteroatoms. The van der Waals surface area contributed by atoms with Crippen molar-refractivity contribution in [2.75, 3.05) is 13.2 Å². The van der Waals surface area contributed by atoms with Gasteiger partial charge >= 0.3 is 0 Å². The van der Waals surface area contributed by atoms with Gasteiger partial charge in [0.1, 0.15) is 48.8 Å². The molecule has 0 radical (unpaired) electrons. The molecule has 3 rings (SSSR count). The quantitative estimate of drug-likeness (QED) is 0.231.